The molecule has 170 valence electrons. The lowest BCUT2D eigenvalue weighted by Gasteiger charge is -2.42. The van der Waals surface area contributed by atoms with Crippen molar-refractivity contribution in [2.45, 2.75) is 58.1 Å². The molecule has 0 unspecified atom stereocenters. The van der Waals surface area contributed by atoms with Gasteiger partial charge in [0.2, 0.25) is 0 Å². The highest BCUT2D eigenvalue weighted by atomic mass is 19.4. The molecule has 5 nitrogen and oxygen atoms in total. The molecule has 0 radical (unpaired) electrons. The van der Waals surface area contributed by atoms with Crippen LogP contribution in [0.2, 0.25) is 0 Å². The van der Waals surface area contributed by atoms with Crippen LogP contribution in [0.15, 0.2) is 42.7 Å². The third kappa shape index (κ3) is 6.58. The van der Waals surface area contributed by atoms with E-state index in [1.165, 1.54) is 12.1 Å². The number of ether oxygens (including phenoxy) is 1. The Morgan fingerprint density at radius 1 is 1.19 bits per heavy atom. The Bertz CT molecular complexity index is 820. The highest BCUT2D eigenvalue weighted by molar-refractivity contribution is 5.51. The average Bonchev–Trinajstić information content (AvgIpc) is 2.73. The maximum Gasteiger partial charge on any atom is 0.573 e. The number of hydrogen-bond acceptors (Lipinski definition) is 5. The number of hydrogen-bond donors (Lipinski definition) is 1. The molecule has 2 N–H and O–H groups in total. The fraction of sp³-hybridized carbons (Fsp3) is 0.522. The molecule has 1 fully saturated rings. The minimum absolute atomic E-state index is 0.209. The lowest BCUT2D eigenvalue weighted by molar-refractivity contribution is -0.274. The summed E-state index contributed by atoms with van der Waals surface area (Å²) in [6.07, 6.45) is 1.88. The number of nitrogens with zero attached hydrogens (tertiary/aromatic N) is 3. The molecule has 1 atom stereocenters. The highest BCUT2D eigenvalue weighted by Crippen LogP contribution is 2.30. The highest BCUT2D eigenvalue weighted by Gasteiger charge is 2.31. The van der Waals surface area contributed by atoms with Crippen LogP contribution in [0.5, 0.6) is 5.75 Å². The topological polar surface area (TPSA) is 54.6 Å². The van der Waals surface area contributed by atoms with Crippen molar-refractivity contribution < 1.29 is 17.9 Å². The summed E-state index contributed by atoms with van der Waals surface area (Å²) in [5, 5.41) is 0. The summed E-state index contributed by atoms with van der Waals surface area (Å²) in [4.78, 5) is 9.01. The quantitative estimate of drug-likeness (QED) is 0.661. The van der Waals surface area contributed by atoms with Crippen molar-refractivity contribution in [3.63, 3.8) is 0 Å². The molecule has 0 saturated carbocycles. The first-order valence-corrected chi connectivity index (χ1v) is 10.7. The largest absolute Gasteiger partial charge is 0.573 e. The van der Waals surface area contributed by atoms with Crippen molar-refractivity contribution in [3.05, 3.63) is 53.9 Å². The van der Waals surface area contributed by atoms with Crippen LogP contribution in [0.4, 0.5) is 18.9 Å². The minimum Gasteiger partial charge on any atom is -0.406 e. The zero-order valence-electron chi connectivity index (χ0n) is 18.1. The Morgan fingerprint density at radius 3 is 2.45 bits per heavy atom. The van der Waals surface area contributed by atoms with Crippen LogP contribution in [-0.2, 0) is 6.54 Å². The Kier molecular flexibility index (Phi) is 7.78. The molecule has 1 aliphatic heterocycles. The van der Waals surface area contributed by atoms with E-state index in [1.807, 2.05) is 19.2 Å². The second-order valence-corrected chi connectivity index (χ2v) is 8.17. The van der Waals surface area contributed by atoms with Crippen molar-refractivity contribution in [2.75, 3.05) is 24.5 Å². The Labute approximate surface area is 182 Å². The van der Waals surface area contributed by atoms with E-state index in [0.29, 0.717) is 19.1 Å². The lowest BCUT2D eigenvalue weighted by Crippen LogP contribution is -2.47. The number of likely N-dealkylation sites (tertiary alicyclic amines) is 1. The normalized spacial score (nSPS) is 16.8. The molecular weight excluding hydrogens is 405 g/mol. The van der Waals surface area contributed by atoms with Crippen LogP contribution in [0.3, 0.4) is 0 Å². The predicted molar refractivity (Wildman–Crippen MR) is 116 cm³/mol. The Balaban J connectivity index is 1.78. The molecule has 1 aromatic carbocycles. The number of alkyl halides is 3. The molecule has 0 amide bonds. The molecule has 1 aromatic heterocycles. The first kappa shape index (κ1) is 23.3. The SMILES string of the molecule is Cc1ccncc1CN(c1ccc(OC(F)(F)F)cc1)C1CCN([C@H](C)CCN)CC1. The summed E-state index contributed by atoms with van der Waals surface area (Å²) in [6, 6.07) is 8.89. The van der Waals surface area contributed by atoms with E-state index < -0.39 is 6.36 Å². The molecule has 31 heavy (non-hydrogen) atoms. The number of piperidine rings is 1. The molecule has 0 spiro atoms. The van der Waals surface area contributed by atoms with Gasteiger partial charge in [-0.25, -0.2) is 0 Å². The van der Waals surface area contributed by atoms with E-state index in [9.17, 15) is 13.2 Å². The summed E-state index contributed by atoms with van der Waals surface area (Å²) in [5.74, 6) is -0.209. The van der Waals surface area contributed by atoms with Gasteiger partial charge in [-0.1, -0.05) is 0 Å². The second-order valence-electron chi connectivity index (χ2n) is 8.17. The Morgan fingerprint density at radius 2 is 1.87 bits per heavy atom. The number of rotatable bonds is 8. The van der Waals surface area contributed by atoms with Gasteiger partial charge in [0.25, 0.3) is 0 Å². The van der Waals surface area contributed by atoms with Crippen molar-refractivity contribution >= 4 is 5.69 Å². The van der Waals surface area contributed by atoms with E-state index in [0.717, 1.165) is 49.2 Å². The Hall–Kier alpha value is -2.32. The maximum absolute atomic E-state index is 12.5. The van der Waals surface area contributed by atoms with Gasteiger partial charge >= 0.3 is 6.36 Å². The summed E-state index contributed by atoms with van der Waals surface area (Å²) in [7, 11) is 0. The molecule has 0 bridgehead atoms. The zero-order chi connectivity index (χ0) is 22.4. The van der Waals surface area contributed by atoms with Crippen LogP contribution in [0.1, 0.15) is 37.3 Å². The lowest BCUT2D eigenvalue weighted by atomic mass is 9.99. The first-order valence-electron chi connectivity index (χ1n) is 10.7. The zero-order valence-corrected chi connectivity index (χ0v) is 18.1. The predicted octanol–water partition coefficient (Wildman–Crippen LogP) is 4.50. The van der Waals surface area contributed by atoms with Gasteiger partial charge in [-0.2, -0.15) is 0 Å². The average molecular weight is 437 g/mol. The maximum atomic E-state index is 12.5. The van der Waals surface area contributed by atoms with Crippen molar-refractivity contribution in [1.82, 2.24) is 9.88 Å². The van der Waals surface area contributed by atoms with Gasteiger partial charge in [0.1, 0.15) is 5.75 Å². The van der Waals surface area contributed by atoms with E-state index in [2.05, 4.69) is 26.4 Å². The van der Waals surface area contributed by atoms with Crippen molar-refractivity contribution in [3.8, 4) is 5.75 Å². The van der Waals surface area contributed by atoms with Crippen LogP contribution in [-0.4, -0.2) is 48.0 Å². The molecular formula is C23H31F3N4O. The number of aryl methyl sites for hydroxylation is 1. The van der Waals surface area contributed by atoms with Gasteiger partial charge in [0.15, 0.2) is 0 Å². The summed E-state index contributed by atoms with van der Waals surface area (Å²) in [6.45, 7) is 7.55. The molecule has 2 heterocycles. The fourth-order valence-corrected chi connectivity index (χ4v) is 4.18. The minimum atomic E-state index is -4.69. The number of nitrogens with two attached hydrogens (primary N) is 1. The van der Waals surface area contributed by atoms with Gasteiger partial charge in [-0.05, 0) is 81.1 Å². The molecule has 1 aliphatic rings. The van der Waals surface area contributed by atoms with Gasteiger partial charge in [0, 0.05) is 49.8 Å². The van der Waals surface area contributed by atoms with Gasteiger partial charge in [-0.3, -0.25) is 4.98 Å². The number of aromatic nitrogens is 1. The van der Waals surface area contributed by atoms with Crippen molar-refractivity contribution in [1.29, 1.82) is 0 Å². The molecule has 3 rings (SSSR count). The molecule has 0 aliphatic carbocycles. The van der Waals surface area contributed by atoms with E-state index in [1.54, 1.807) is 18.3 Å². The third-order valence-electron chi connectivity index (χ3n) is 6.04. The molecule has 8 heteroatoms. The van der Waals surface area contributed by atoms with Gasteiger partial charge in [-0.15, -0.1) is 13.2 Å². The summed E-state index contributed by atoms with van der Waals surface area (Å²) >= 11 is 0. The van der Waals surface area contributed by atoms with Gasteiger partial charge in [0.05, 0.1) is 0 Å². The smallest absolute Gasteiger partial charge is 0.406 e. The number of pyridine rings is 1. The standard InChI is InChI=1S/C23H31F3N4O/c1-17-8-12-28-15-19(17)16-30(20-3-5-22(6-4-20)31-23(24,25)26)21-9-13-29(14-10-21)18(2)7-11-27/h3-6,8,12,15,18,21H,7,9-11,13-14,16,27H2,1-2H3/t18-/m1/s1. The second kappa shape index (κ2) is 10.3. The third-order valence-corrected chi connectivity index (χ3v) is 6.04. The van der Waals surface area contributed by atoms with E-state index in [-0.39, 0.29) is 11.8 Å². The number of anilines is 1. The van der Waals surface area contributed by atoms with Crippen LogP contribution < -0.4 is 15.4 Å². The van der Waals surface area contributed by atoms with E-state index in [4.69, 9.17) is 5.73 Å². The van der Waals surface area contributed by atoms with Crippen LogP contribution in [0, 0.1) is 6.92 Å². The first-order chi connectivity index (χ1) is 14.8. The van der Waals surface area contributed by atoms with Gasteiger partial charge < -0.3 is 20.3 Å². The number of benzene rings is 1. The summed E-state index contributed by atoms with van der Waals surface area (Å²) < 4.78 is 41.6. The molecule has 1 saturated heterocycles. The van der Waals surface area contributed by atoms with Crippen LogP contribution in [0.25, 0.3) is 0 Å². The monoisotopic (exact) mass is 436 g/mol. The van der Waals surface area contributed by atoms with E-state index >= 15 is 0 Å². The fourth-order valence-electron chi connectivity index (χ4n) is 4.18. The van der Waals surface area contributed by atoms with Crippen LogP contribution >= 0.6 is 0 Å². The van der Waals surface area contributed by atoms with Crippen molar-refractivity contribution in [2.24, 2.45) is 5.73 Å². The molecule has 2 aromatic rings. The number of halogens is 3. The summed E-state index contributed by atoms with van der Waals surface area (Å²) in [5.41, 5.74) is 8.85.